The molecule has 2 fully saturated rings. The van der Waals surface area contributed by atoms with Gasteiger partial charge in [0, 0.05) is 63.7 Å². The van der Waals surface area contributed by atoms with Gasteiger partial charge >= 0.3 is 0 Å². The van der Waals surface area contributed by atoms with Gasteiger partial charge < -0.3 is 14.9 Å². The molecule has 1 aromatic heterocycles. The van der Waals surface area contributed by atoms with Gasteiger partial charge in [0.25, 0.3) is 0 Å². The molecule has 28 heavy (non-hydrogen) atoms. The van der Waals surface area contributed by atoms with Crippen molar-refractivity contribution < 1.29 is 5.11 Å². The standard InChI is InChI=1S/C22H31N5O/c1-18-7-10-23-22(24-18)27-12-9-20(21(28)17-27)26-15-13-25(14-16-26)11-8-19-5-3-2-4-6-19/h2-7,10,20-21,28H,8-9,11-17H2,1H3/t20-,21-/m1/s1. The third-order valence-electron chi connectivity index (χ3n) is 6.05. The molecule has 6 nitrogen and oxygen atoms in total. The van der Waals surface area contributed by atoms with Gasteiger partial charge in [0.1, 0.15) is 0 Å². The second kappa shape index (κ2) is 8.99. The molecule has 2 saturated heterocycles. The lowest BCUT2D eigenvalue weighted by molar-refractivity contribution is 0.00953. The smallest absolute Gasteiger partial charge is 0.225 e. The highest BCUT2D eigenvalue weighted by Crippen LogP contribution is 2.22. The minimum absolute atomic E-state index is 0.248. The van der Waals surface area contributed by atoms with Crippen molar-refractivity contribution >= 4 is 5.95 Å². The lowest BCUT2D eigenvalue weighted by Gasteiger charge is -2.45. The molecular weight excluding hydrogens is 350 g/mol. The van der Waals surface area contributed by atoms with Gasteiger partial charge in [0.15, 0.2) is 0 Å². The Morgan fingerprint density at radius 3 is 2.54 bits per heavy atom. The zero-order valence-electron chi connectivity index (χ0n) is 16.7. The van der Waals surface area contributed by atoms with Crippen LogP contribution in [0.25, 0.3) is 0 Å². The normalized spacial score (nSPS) is 24.4. The van der Waals surface area contributed by atoms with Crippen LogP contribution in [0.4, 0.5) is 5.95 Å². The van der Waals surface area contributed by atoms with Crippen LogP contribution in [0.1, 0.15) is 17.7 Å². The Bertz CT molecular complexity index is 748. The first-order valence-electron chi connectivity index (χ1n) is 10.4. The molecule has 3 heterocycles. The first kappa shape index (κ1) is 19.3. The Labute approximate surface area is 167 Å². The highest BCUT2D eigenvalue weighted by atomic mass is 16.3. The Morgan fingerprint density at radius 1 is 1.04 bits per heavy atom. The molecule has 1 N–H and O–H groups in total. The van der Waals surface area contributed by atoms with Crippen molar-refractivity contribution in [2.45, 2.75) is 31.9 Å². The van der Waals surface area contributed by atoms with Crippen LogP contribution in [-0.2, 0) is 6.42 Å². The predicted molar refractivity (Wildman–Crippen MR) is 112 cm³/mol. The van der Waals surface area contributed by atoms with Crippen LogP contribution in [0.2, 0.25) is 0 Å². The number of β-amino-alcohol motifs (C(OH)–C–C–N with tert-alkyl or cyclic N) is 1. The average molecular weight is 382 g/mol. The number of aryl methyl sites for hydroxylation is 1. The summed E-state index contributed by atoms with van der Waals surface area (Å²) in [5, 5.41) is 10.8. The summed E-state index contributed by atoms with van der Waals surface area (Å²) in [6, 6.07) is 12.9. The van der Waals surface area contributed by atoms with E-state index in [1.807, 2.05) is 13.0 Å². The Morgan fingerprint density at radius 2 is 1.82 bits per heavy atom. The maximum atomic E-state index is 10.8. The lowest BCUT2D eigenvalue weighted by Crippen LogP contribution is -2.59. The van der Waals surface area contributed by atoms with Crippen molar-refractivity contribution in [2.75, 3.05) is 50.7 Å². The van der Waals surface area contributed by atoms with E-state index in [1.54, 1.807) is 6.20 Å². The molecule has 2 aliphatic rings. The molecule has 0 spiro atoms. The molecule has 150 valence electrons. The third-order valence-corrected chi connectivity index (χ3v) is 6.05. The molecule has 1 aromatic carbocycles. The fraction of sp³-hybridized carbons (Fsp3) is 0.545. The van der Waals surface area contributed by atoms with Gasteiger partial charge in [0.05, 0.1) is 6.10 Å². The zero-order valence-corrected chi connectivity index (χ0v) is 16.7. The maximum absolute atomic E-state index is 10.8. The molecule has 0 saturated carbocycles. The van der Waals surface area contributed by atoms with E-state index >= 15 is 0 Å². The van der Waals surface area contributed by atoms with Crippen molar-refractivity contribution in [1.82, 2.24) is 19.8 Å². The van der Waals surface area contributed by atoms with Crippen LogP contribution in [0.3, 0.4) is 0 Å². The summed E-state index contributed by atoms with van der Waals surface area (Å²) in [4.78, 5) is 16.0. The second-order valence-electron chi connectivity index (χ2n) is 7.98. The molecule has 2 aromatic rings. The molecule has 6 heteroatoms. The summed E-state index contributed by atoms with van der Waals surface area (Å²) in [6.07, 6.45) is 3.51. The van der Waals surface area contributed by atoms with Crippen molar-refractivity contribution in [2.24, 2.45) is 0 Å². The molecule has 0 bridgehead atoms. The van der Waals surface area contributed by atoms with E-state index in [1.165, 1.54) is 5.56 Å². The molecule has 0 unspecified atom stereocenters. The zero-order chi connectivity index (χ0) is 19.3. The van der Waals surface area contributed by atoms with Gasteiger partial charge in [-0.2, -0.15) is 0 Å². The number of nitrogens with zero attached hydrogens (tertiary/aromatic N) is 5. The van der Waals surface area contributed by atoms with Crippen LogP contribution < -0.4 is 4.90 Å². The van der Waals surface area contributed by atoms with E-state index < -0.39 is 0 Å². The topological polar surface area (TPSA) is 55.7 Å². The second-order valence-corrected chi connectivity index (χ2v) is 7.98. The van der Waals surface area contributed by atoms with E-state index in [9.17, 15) is 5.11 Å². The van der Waals surface area contributed by atoms with Crippen LogP contribution in [0, 0.1) is 6.92 Å². The van der Waals surface area contributed by atoms with E-state index in [4.69, 9.17) is 0 Å². The quantitative estimate of drug-likeness (QED) is 0.849. The molecular formula is C22H31N5O. The Hall–Kier alpha value is -2.02. The molecule has 2 aliphatic heterocycles. The third kappa shape index (κ3) is 4.69. The fourth-order valence-corrected chi connectivity index (χ4v) is 4.37. The number of hydrogen-bond donors (Lipinski definition) is 1. The van der Waals surface area contributed by atoms with Crippen molar-refractivity contribution in [3.05, 3.63) is 53.9 Å². The summed E-state index contributed by atoms with van der Waals surface area (Å²) in [6.45, 7) is 8.85. The minimum Gasteiger partial charge on any atom is -0.390 e. The van der Waals surface area contributed by atoms with Crippen LogP contribution in [-0.4, -0.2) is 82.8 Å². The highest BCUT2D eigenvalue weighted by Gasteiger charge is 2.34. The number of aromatic nitrogens is 2. The van der Waals surface area contributed by atoms with E-state index in [0.717, 1.165) is 63.8 Å². The number of anilines is 1. The monoisotopic (exact) mass is 381 g/mol. The Balaban J connectivity index is 1.25. The molecule has 0 radical (unpaired) electrons. The van der Waals surface area contributed by atoms with Gasteiger partial charge in [-0.1, -0.05) is 30.3 Å². The first-order valence-corrected chi connectivity index (χ1v) is 10.4. The molecule has 0 amide bonds. The number of rotatable bonds is 5. The van der Waals surface area contributed by atoms with Crippen LogP contribution >= 0.6 is 0 Å². The van der Waals surface area contributed by atoms with Crippen molar-refractivity contribution in [3.8, 4) is 0 Å². The first-order chi connectivity index (χ1) is 13.7. The number of aliphatic hydroxyl groups is 1. The van der Waals surface area contributed by atoms with Crippen molar-refractivity contribution in [1.29, 1.82) is 0 Å². The van der Waals surface area contributed by atoms with Crippen LogP contribution in [0.5, 0.6) is 0 Å². The van der Waals surface area contributed by atoms with E-state index in [0.29, 0.717) is 6.54 Å². The summed E-state index contributed by atoms with van der Waals surface area (Å²) in [5.41, 5.74) is 2.37. The summed E-state index contributed by atoms with van der Waals surface area (Å²) < 4.78 is 0. The number of benzene rings is 1. The lowest BCUT2D eigenvalue weighted by atomic mass is 9.99. The Kier molecular flexibility index (Phi) is 6.20. The number of hydrogen-bond acceptors (Lipinski definition) is 6. The van der Waals surface area contributed by atoms with Crippen molar-refractivity contribution in [3.63, 3.8) is 0 Å². The number of piperazine rings is 1. The molecule has 2 atom stereocenters. The van der Waals surface area contributed by atoms with Crippen LogP contribution in [0.15, 0.2) is 42.6 Å². The van der Waals surface area contributed by atoms with Gasteiger partial charge in [-0.25, -0.2) is 9.97 Å². The van der Waals surface area contributed by atoms with Gasteiger partial charge in [-0.3, -0.25) is 4.90 Å². The predicted octanol–water partition coefficient (Wildman–Crippen LogP) is 1.58. The minimum atomic E-state index is -0.353. The summed E-state index contributed by atoms with van der Waals surface area (Å²) >= 11 is 0. The SMILES string of the molecule is Cc1ccnc(N2CC[C@@H](N3CCN(CCc4ccccc4)CC3)[C@H](O)C2)n1. The average Bonchev–Trinajstić information content (AvgIpc) is 2.73. The largest absolute Gasteiger partial charge is 0.390 e. The van der Waals surface area contributed by atoms with E-state index in [-0.39, 0.29) is 12.1 Å². The summed E-state index contributed by atoms with van der Waals surface area (Å²) in [7, 11) is 0. The van der Waals surface area contributed by atoms with Gasteiger partial charge in [0.2, 0.25) is 5.95 Å². The van der Waals surface area contributed by atoms with Gasteiger partial charge in [-0.05, 0) is 31.4 Å². The van der Waals surface area contributed by atoms with E-state index in [2.05, 4.69) is 55.0 Å². The number of piperidine rings is 1. The highest BCUT2D eigenvalue weighted by molar-refractivity contribution is 5.31. The fourth-order valence-electron chi connectivity index (χ4n) is 4.37. The van der Waals surface area contributed by atoms with Gasteiger partial charge in [-0.15, -0.1) is 0 Å². The summed E-state index contributed by atoms with van der Waals surface area (Å²) in [5.74, 6) is 0.739. The maximum Gasteiger partial charge on any atom is 0.225 e. The number of aliphatic hydroxyl groups excluding tert-OH is 1. The molecule has 0 aliphatic carbocycles. The molecule has 4 rings (SSSR count).